The van der Waals surface area contributed by atoms with Crippen molar-refractivity contribution in [1.82, 2.24) is 4.98 Å². The van der Waals surface area contributed by atoms with Gasteiger partial charge in [-0.1, -0.05) is 24.3 Å². The number of ether oxygens (including phenoxy) is 1. The first-order valence-corrected chi connectivity index (χ1v) is 7.51. The van der Waals surface area contributed by atoms with Gasteiger partial charge in [-0.15, -0.1) is 0 Å². The highest BCUT2D eigenvalue weighted by Gasteiger charge is 2.13. The van der Waals surface area contributed by atoms with Crippen LogP contribution in [0.25, 0.3) is 10.9 Å². The second kappa shape index (κ2) is 6.48. The smallest absolute Gasteiger partial charge is 0.172 e. The van der Waals surface area contributed by atoms with Crippen LogP contribution in [0.15, 0.2) is 54.6 Å². The maximum atomic E-state index is 12.4. The van der Waals surface area contributed by atoms with Gasteiger partial charge in [0.25, 0.3) is 0 Å². The summed E-state index contributed by atoms with van der Waals surface area (Å²) in [6.45, 7) is 2.37. The van der Waals surface area contributed by atoms with Gasteiger partial charge in [-0.3, -0.25) is 9.78 Å². The minimum Gasteiger partial charge on any atom is -0.507 e. The monoisotopic (exact) mass is 307 g/mol. The van der Waals surface area contributed by atoms with Crippen molar-refractivity contribution >= 4 is 16.7 Å². The number of ketones is 1. The number of aromatic hydroxyl groups is 1. The quantitative estimate of drug-likeness (QED) is 0.729. The van der Waals surface area contributed by atoms with Crippen LogP contribution in [-0.2, 0) is 6.42 Å². The van der Waals surface area contributed by atoms with Crippen LogP contribution in [0.5, 0.6) is 11.5 Å². The summed E-state index contributed by atoms with van der Waals surface area (Å²) >= 11 is 0. The fourth-order valence-corrected chi connectivity index (χ4v) is 2.47. The Hall–Kier alpha value is -2.88. The summed E-state index contributed by atoms with van der Waals surface area (Å²) < 4.78 is 5.30. The number of aromatic nitrogens is 1. The molecule has 23 heavy (non-hydrogen) atoms. The van der Waals surface area contributed by atoms with Crippen LogP contribution in [0.1, 0.15) is 23.0 Å². The zero-order valence-electron chi connectivity index (χ0n) is 12.8. The molecule has 1 aromatic heterocycles. The first-order chi connectivity index (χ1) is 11.2. The third-order valence-corrected chi connectivity index (χ3v) is 3.58. The van der Waals surface area contributed by atoms with Crippen molar-refractivity contribution in [3.63, 3.8) is 0 Å². The molecule has 0 atom stereocenters. The molecule has 3 rings (SSSR count). The third-order valence-electron chi connectivity index (χ3n) is 3.58. The number of benzene rings is 2. The van der Waals surface area contributed by atoms with E-state index in [1.54, 1.807) is 12.1 Å². The number of phenolic OH excluding ortho intramolecular Hbond substituents is 1. The SMILES string of the molecule is CCOc1ccc(C(=O)Cc2ccc3ccccc3n2)c(O)c1. The first-order valence-electron chi connectivity index (χ1n) is 7.51. The van der Waals surface area contributed by atoms with Crippen molar-refractivity contribution < 1.29 is 14.6 Å². The fraction of sp³-hybridized carbons (Fsp3) is 0.158. The number of rotatable bonds is 5. The third kappa shape index (κ3) is 3.31. The molecule has 0 aliphatic carbocycles. The Morgan fingerprint density at radius 2 is 1.96 bits per heavy atom. The molecular weight excluding hydrogens is 290 g/mol. The van der Waals surface area contributed by atoms with E-state index in [-0.39, 0.29) is 23.5 Å². The zero-order chi connectivity index (χ0) is 16.2. The molecule has 2 aromatic carbocycles. The number of hydrogen-bond donors (Lipinski definition) is 1. The summed E-state index contributed by atoms with van der Waals surface area (Å²) in [5.74, 6) is 0.306. The molecule has 116 valence electrons. The van der Waals surface area contributed by atoms with Crippen LogP contribution in [0, 0.1) is 0 Å². The number of fused-ring (bicyclic) bond motifs is 1. The molecular formula is C19H17NO3. The molecule has 0 unspecified atom stereocenters. The van der Waals surface area contributed by atoms with Crippen LogP contribution in [-0.4, -0.2) is 22.5 Å². The van der Waals surface area contributed by atoms with Gasteiger partial charge in [0.1, 0.15) is 11.5 Å². The van der Waals surface area contributed by atoms with Crippen molar-refractivity contribution in [3.8, 4) is 11.5 Å². The summed E-state index contributed by atoms with van der Waals surface area (Å²) in [6, 6.07) is 16.3. The van der Waals surface area contributed by atoms with Crippen molar-refractivity contribution in [3.05, 3.63) is 65.9 Å². The predicted octanol–water partition coefficient (Wildman–Crippen LogP) is 3.76. The van der Waals surface area contributed by atoms with E-state index < -0.39 is 0 Å². The van der Waals surface area contributed by atoms with Crippen LogP contribution >= 0.6 is 0 Å². The van der Waals surface area contributed by atoms with E-state index in [1.807, 2.05) is 43.3 Å². The van der Waals surface area contributed by atoms with Crippen molar-refractivity contribution in [1.29, 1.82) is 0 Å². The van der Waals surface area contributed by atoms with Crippen molar-refractivity contribution in [2.45, 2.75) is 13.3 Å². The predicted molar refractivity (Wildman–Crippen MR) is 89.1 cm³/mol. The lowest BCUT2D eigenvalue weighted by Gasteiger charge is -2.07. The number of pyridine rings is 1. The van der Waals surface area contributed by atoms with Gasteiger partial charge >= 0.3 is 0 Å². The van der Waals surface area contributed by atoms with Gasteiger partial charge in [0, 0.05) is 17.1 Å². The summed E-state index contributed by atoms with van der Waals surface area (Å²) in [4.78, 5) is 16.9. The molecule has 4 nitrogen and oxygen atoms in total. The van der Waals surface area contributed by atoms with Crippen LogP contribution in [0.3, 0.4) is 0 Å². The molecule has 0 aliphatic heterocycles. The second-order valence-corrected chi connectivity index (χ2v) is 5.21. The summed E-state index contributed by atoms with van der Waals surface area (Å²) in [6.07, 6.45) is 0.145. The lowest BCUT2D eigenvalue weighted by Crippen LogP contribution is -2.06. The number of nitrogens with zero attached hydrogens (tertiary/aromatic N) is 1. The molecule has 0 fully saturated rings. The summed E-state index contributed by atoms with van der Waals surface area (Å²) in [5, 5.41) is 11.1. The van der Waals surface area contributed by atoms with E-state index in [1.165, 1.54) is 6.07 Å². The normalized spacial score (nSPS) is 10.7. The molecule has 0 saturated carbocycles. The zero-order valence-corrected chi connectivity index (χ0v) is 12.8. The van der Waals surface area contributed by atoms with Gasteiger partial charge < -0.3 is 9.84 Å². The van der Waals surface area contributed by atoms with E-state index in [9.17, 15) is 9.90 Å². The highest BCUT2D eigenvalue weighted by atomic mass is 16.5. The molecule has 0 spiro atoms. The molecule has 0 radical (unpaired) electrons. The van der Waals surface area contributed by atoms with Crippen LogP contribution in [0.2, 0.25) is 0 Å². The molecule has 0 bridgehead atoms. The van der Waals surface area contributed by atoms with Crippen LogP contribution < -0.4 is 4.74 Å². The number of hydrogen-bond acceptors (Lipinski definition) is 4. The van der Waals surface area contributed by atoms with E-state index in [0.717, 1.165) is 10.9 Å². The van der Waals surface area contributed by atoms with E-state index in [4.69, 9.17) is 4.74 Å². The number of para-hydroxylation sites is 1. The lowest BCUT2D eigenvalue weighted by atomic mass is 10.0. The lowest BCUT2D eigenvalue weighted by molar-refractivity contribution is 0.0989. The average Bonchev–Trinajstić information content (AvgIpc) is 2.55. The van der Waals surface area contributed by atoms with Gasteiger partial charge in [0.05, 0.1) is 24.1 Å². The molecule has 4 heteroatoms. The van der Waals surface area contributed by atoms with E-state index in [0.29, 0.717) is 18.1 Å². The number of Topliss-reactive ketones (excluding diaryl/α,β-unsaturated/α-hetero) is 1. The summed E-state index contributed by atoms with van der Waals surface area (Å²) in [7, 11) is 0. The standard InChI is InChI=1S/C19H17NO3/c1-2-23-15-9-10-16(19(22)12-15)18(21)11-14-8-7-13-5-3-4-6-17(13)20-14/h3-10,12,22H,2,11H2,1H3. The summed E-state index contributed by atoms with van der Waals surface area (Å²) in [5.41, 5.74) is 1.82. The van der Waals surface area contributed by atoms with Gasteiger partial charge in [-0.05, 0) is 31.2 Å². The number of phenols is 1. The van der Waals surface area contributed by atoms with Crippen molar-refractivity contribution in [2.75, 3.05) is 6.61 Å². The Morgan fingerprint density at radius 3 is 2.74 bits per heavy atom. The van der Waals surface area contributed by atoms with E-state index >= 15 is 0 Å². The Labute approximate surface area is 134 Å². The Kier molecular flexibility index (Phi) is 4.24. The maximum absolute atomic E-state index is 12.4. The Balaban J connectivity index is 1.82. The minimum atomic E-state index is -0.173. The van der Waals surface area contributed by atoms with Gasteiger partial charge in [0.15, 0.2) is 5.78 Å². The maximum Gasteiger partial charge on any atom is 0.172 e. The second-order valence-electron chi connectivity index (χ2n) is 5.21. The Morgan fingerprint density at radius 1 is 1.13 bits per heavy atom. The number of carbonyl (C=O) groups excluding carboxylic acids is 1. The molecule has 1 N–H and O–H groups in total. The molecule has 3 aromatic rings. The van der Waals surface area contributed by atoms with Gasteiger partial charge in [0.2, 0.25) is 0 Å². The number of carbonyl (C=O) groups is 1. The fourth-order valence-electron chi connectivity index (χ4n) is 2.47. The molecule has 0 saturated heterocycles. The first kappa shape index (κ1) is 15.0. The molecule has 0 aliphatic rings. The van der Waals surface area contributed by atoms with Crippen LogP contribution in [0.4, 0.5) is 0 Å². The average molecular weight is 307 g/mol. The van der Waals surface area contributed by atoms with Gasteiger partial charge in [-0.2, -0.15) is 0 Å². The topological polar surface area (TPSA) is 59.4 Å². The highest BCUT2D eigenvalue weighted by Crippen LogP contribution is 2.25. The van der Waals surface area contributed by atoms with Crippen molar-refractivity contribution in [2.24, 2.45) is 0 Å². The van der Waals surface area contributed by atoms with E-state index in [2.05, 4.69) is 4.98 Å². The largest absolute Gasteiger partial charge is 0.507 e. The minimum absolute atomic E-state index is 0.0678. The molecule has 1 heterocycles. The highest BCUT2D eigenvalue weighted by molar-refractivity contribution is 6.00. The van der Waals surface area contributed by atoms with Gasteiger partial charge in [-0.25, -0.2) is 0 Å². The Bertz CT molecular complexity index is 858. The molecule has 0 amide bonds.